The third-order valence-corrected chi connectivity index (χ3v) is 3.84. The molecule has 19 heavy (non-hydrogen) atoms. The van der Waals surface area contributed by atoms with Crippen molar-refractivity contribution in [3.63, 3.8) is 0 Å². The molecule has 1 aliphatic rings. The minimum atomic E-state index is 0.564. The lowest BCUT2D eigenvalue weighted by Gasteiger charge is -2.10. The van der Waals surface area contributed by atoms with Crippen LogP contribution in [0.5, 0.6) is 0 Å². The van der Waals surface area contributed by atoms with Crippen LogP contribution < -0.4 is 5.32 Å². The highest BCUT2D eigenvalue weighted by Gasteiger charge is 2.14. The summed E-state index contributed by atoms with van der Waals surface area (Å²) in [6, 6.07) is 7.99. The maximum absolute atomic E-state index is 5.82. The van der Waals surface area contributed by atoms with Gasteiger partial charge < -0.3 is 10.1 Å². The fourth-order valence-electron chi connectivity index (χ4n) is 1.87. The number of nitrogens with zero attached hydrogens (tertiary/aromatic N) is 2. The first-order valence-electron chi connectivity index (χ1n) is 5.93. The van der Waals surface area contributed by atoms with Crippen molar-refractivity contribution in [3.8, 4) is 0 Å². The lowest BCUT2D eigenvalue weighted by atomic mass is 10.1. The first-order chi connectivity index (χ1) is 9.33. The number of anilines is 1. The molecule has 0 amide bonds. The number of rotatable bonds is 4. The van der Waals surface area contributed by atoms with Crippen LogP contribution in [0.25, 0.3) is 0 Å². The third kappa shape index (κ3) is 2.88. The number of halogens is 1. The second-order valence-corrected chi connectivity index (χ2v) is 5.71. The molecular formula is C13H12ClN3OS. The number of para-hydroxylation sites is 1. The lowest BCUT2D eigenvalue weighted by molar-refractivity contribution is 0.348. The zero-order chi connectivity index (χ0) is 13.1. The molecule has 1 N–H and O–H groups in total. The second kappa shape index (κ2) is 5.59. The number of aliphatic imine (C=N–C) groups is 1. The summed E-state index contributed by atoms with van der Waals surface area (Å²) in [5, 5.41) is 3.37. The van der Waals surface area contributed by atoms with Gasteiger partial charge in [-0.2, -0.15) is 0 Å². The van der Waals surface area contributed by atoms with E-state index >= 15 is 0 Å². The summed E-state index contributed by atoms with van der Waals surface area (Å²) in [5.74, 6) is 0.713. The molecule has 0 bridgehead atoms. The fraction of sp³-hybridized carbons (Fsp3) is 0.231. The topological polar surface area (TPSA) is 46.5 Å². The summed E-state index contributed by atoms with van der Waals surface area (Å²) in [7, 11) is 0. The highest BCUT2D eigenvalue weighted by Crippen LogP contribution is 2.22. The minimum absolute atomic E-state index is 0.564. The molecule has 3 rings (SSSR count). The largest absolute Gasteiger partial charge is 0.475 e. The Bertz CT molecular complexity index is 611. The Labute approximate surface area is 120 Å². The lowest BCUT2D eigenvalue weighted by Crippen LogP contribution is -2.07. The highest BCUT2D eigenvalue weighted by atomic mass is 35.5. The van der Waals surface area contributed by atoms with Crippen molar-refractivity contribution in [2.75, 3.05) is 18.5 Å². The molecule has 0 aliphatic carbocycles. The molecule has 2 aromatic rings. The summed E-state index contributed by atoms with van der Waals surface area (Å²) in [4.78, 5) is 9.47. The number of benzene rings is 1. The van der Waals surface area contributed by atoms with E-state index < -0.39 is 0 Å². The van der Waals surface area contributed by atoms with E-state index in [2.05, 4.69) is 15.3 Å². The molecular weight excluding hydrogens is 282 g/mol. The predicted octanol–water partition coefficient (Wildman–Crippen LogP) is 3.19. The van der Waals surface area contributed by atoms with Gasteiger partial charge in [0.15, 0.2) is 4.47 Å². The first kappa shape index (κ1) is 12.4. The molecule has 0 saturated carbocycles. The van der Waals surface area contributed by atoms with E-state index in [1.807, 2.05) is 24.3 Å². The van der Waals surface area contributed by atoms with Crippen LogP contribution in [0, 0.1) is 0 Å². The quantitative estimate of drug-likeness (QED) is 0.942. The molecule has 0 saturated heterocycles. The van der Waals surface area contributed by atoms with Gasteiger partial charge in [0.2, 0.25) is 5.90 Å². The second-order valence-electron chi connectivity index (χ2n) is 4.01. The van der Waals surface area contributed by atoms with Crippen molar-refractivity contribution in [1.82, 2.24) is 4.98 Å². The number of hydrogen-bond donors (Lipinski definition) is 1. The van der Waals surface area contributed by atoms with Crippen LogP contribution in [0.1, 0.15) is 10.4 Å². The number of hydrogen-bond acceptors (Lipinski definition) is 5. The molecule has 98 valence electrons. The van der Waals surface area contributed by atoms with Gasteiger partial charge in [-0.25, -0.2) is 9.98 Å². The SMILES string of the molecule is Clc1ncc(CNc2ccccc2C2=NCCO2)s1. The van der Waals surface area contributed by atoms with Crippen molar-refractivity contribution < 1.29 is 4.74 Å². The average Bonchev–Trinajstić information content (AvgIpc) is 3.08. The zero-order valence-corrected chi connectivity index (χ0v) is 11.7. The Balaban J connectivity index is 1.77. The summed E-state index contributed by atoms with van der Waals surface area (Å²) in [6.07, 6.45) is 1.78. The van der Waals surface area contributed by atoms with E-state index in [-0.39, 0.29) is 0 Å². The highest BCUT2D eigenvalue weighted by molar-refractivity contribution is 7.15. The van der Waals surface area contributed by atoms with Crippen LogP contribution in [0.3, 0.4) is 0 Å². The zero-order valence-electron chi connectivity index (χ0n) is 10.1. The Hall–Kier alpha value is -1.59. The van der Waals surface area contributed by atoms with Crippen LogP contribution >= 0.6 is 22.9 Å². The van der Waals surface area contributed by atoms with E-state index in [1.165, 1.54) is 11.3 Å². The molecule has 6 heteroatoms. The van der Waals surface area contributed by atoms with Gasteiger partial charge in [-0.05, 0) is 12.1 Å². The smallest absolute Gasteiger partial charge is 0.218 e. The maximum Gasteiger partial charge on any atom is 0.218 e. The van der Waals surface area contributed by atoms with Crippen LogP contribution in [0.15, 0.2) is 35.5 Å². The standard InChI is InChI=1S/C13H12ClN3OS/c14-13-17-8-9(19-13)7-16-11-4-2-1-3-10(11)12-15-5-6-18-12/h1-4,8,16H,5-7H2. The monoisotopic (exact) mass is 293 g/mol. The van der Waals surface area contributed by atoms with E-state index in [4.69, 9.17) is 16.3 Å². The molecule has 0 unspecified atom stereocenters. The normalized spacial score (nSPS) is 14.1. The number of aromatic nitrogens is 1. The fourth-order valence-corrected chi connectivity index (χ4v) is 2.79. The van der Waals surface area contributed by atoms with Gasteiger partial charge in [-0.1, -0.05) is 23.7 Å². The minimum Gasteiger partial charge on any atom is -0.475 e. The average molecular weight is 294 g/mol. The summed E-state index contributed by atoms with van der Waals surface area (Å²) >= 11 is 7.29. The third-order valence-electron chi connectivity index (χ3n) is 2.72. The van der Waals surface area contributed by atoms with Crippen LogP contribution in [-0.4, -0.2) is 24.0 Å². The first-order valence-corrected chi connectivity index (χ1v) is 7.13. The molecule has 2 heterocycles. The van der Waals surface area contributed by atoms with E-state index in [1.54, 1.807) is 6.20 Å². The van der Waals surface area contributed by atoms with Gasteiger partial charge >= 0.3 is 0 Å². The Kier molecular flexibility index (Phi) is 3.66. The molecule has 0 radical (unpaired) electrons. The molecule has 1 aliphatic heterocycles. The Morgan fingerprint density at radius 1 is 1.37 bits per heavy atom. The number of thiazole rings is 1. The Morgan fingerprint density at radius 3 is 3.00 bits per heavy atom. The van der Waals surface area contributed by atoms with Crippen molar-refractivity contribution in [2.45, 2.75) is 6.54 Å². The molecule has 1 aromatic carbocycles. The molecule has 0 fully saturated rings. The van der Waals surface area contributed by atoms with Gasteiger partial charge in [0.1, 0.15) is 6.61 Å². The van der Waals surface area contributed by atoms with Crippen LogP contribution in [0.2, 0.25) is 4.47 Å². The van der Waals surface area contributed by atoms with E-state index in [0.717, 1.165) is 22.7 Å². The van der Waals surface area contributed by atoms with Gasteiger partial charge in [0.05, 0.1) is 18.7 Å². The molecule has 4 nitrogen and oxygen atoms in total. The van der Waals surface area contributed by atoms with Crippen LogP contribution in [0.4, 0.5) is 5.69 Å². The van der Waals surface area contributed by atoms with Gasteiger partial charge in [0, 0.05) is 16.8 Å². The van der Waals surface area contributed by atoms with Crippen molar-refractivity contribution in [1.29, 1.82) is 0 Å². The van der Waals surface area contributed by atoms with Gasteiger partial charge in [-0.3, -0.25) is 0 Å². The maximum atomic E-state index is 5.82. The number of nitrogens with one attached hydrogen (secondary N) is 1. The Morgan fingerprint density at radius 2 is 2.26 bits per heavy atom. The van der Waals surface area contributed by atoms with Crippen LogP contribution in [-0.2, 0) is 11.3 Å². The number of ether oxygens (including phenoxy) is 1. The van der Waals surface area contributed by atoms with Crippen molar-refractivity contribution in [2.24, 2.45) is 4.99 Å². The predicted molar refractivity (Wildman–Crippen MR) is 78.2 cm³/mol. The molecule has 0 spiro atoms. The summed E-state index contributed by atoms with van der Waals surface area (Å²) in [5.41, 5.74) is 2.00. The molecule has 0 atom stereocenters. The van der Waals surface area contributed by atoms with Crippen molar-refractivity contribution >= 4 is 34.5 Å². The molecule has 1 aromatic heterocycles. The van der Waals surface area contributed by atoms with E-state index in [9.17, 15) is 0 Å². The van der Waals surface area contributed by atoms with Gasteiger partial charge in [0.25, 0.3) is 0 Å². The van der Waals surface area contributed by atoms with Gasteiger partial charge in [-0.15, -0.1) is 11.3 Å². The summed E-state index contributed by atoms with van der Waals surface area (Å²) < 4.78 is 6.08. The van der Waals surface area contributed by atoms with Crippen molar-refractivity contribution in [3.05, 3.63) is 45.4 Å². The summed E-state index contributed by atoms with van der Waals surface area (Å²) in [6.45, 7) is 2.08. The van der Waals surface area contributed by atoms with E-state index in [0.29, 0.717) is 23.5 Å².